The first-order valence-electron chi connectivity index (χ1n) is 10.7. The topological polar surface area (TPSA) is 107 Å². The van der Waals surface area contributed by atoms with Crippen LogP contribution in [0, 0.1) is 13.8 Å². The lowest BCUT2D eigenvalue weighted by molar-refractivity contribution is 0.103. The molecule has 1 aliphatic heterocycles. The lowest BCUT2D eigenvalue weighted by atomic mass is 10.2. The van der Waals surface area contributed by atoms with E-state index in [0.717, 1.165) is 31.0 Å². The van der Waals surface area contributed by atoms with E-state index in [2.05, 4.69) is 58.0 Å². The Hall–Kier alpha value is -2.06. The molecule has 0 aliphatic carbocycles. The predicted molar refractivity (Wildman–Crippen MR) is 145 cm³/mol. The van der Waals surface area contributed by atoms with Gasteiger partial charge < -0.3 is 20.6 Å². The smallest absolute Gasteiger partial charge is 0.267 e. The number of hydrogen-bond acceptors (Lipinski definition) is 9. The third-order valence-corrected chi connectivity index (χ3v) is 7.66. The van der Waals surface area contributed by atoms with Crippen LogP contribution < -0.4 is 15.5 Å². The van der Waals surface area contributed by atoms with Gasteiger partial charge in [0.15, 0.2) is 5.13 Å². The minimum Gasteiger partial charge on any atom is -0.395 e. The summed E-state index contributed by atoms with van der Waals surface area (Å²) in [6.45, 7) is 7.11. The van der Waals surface area contributed by atoms with E-state index >= 15 is 0 Å². The van der Waals surface area contributed by atoms with Crippen LogP contribution in [0.15, 0.2) is 30.5 Å². The number of alkyl halides is 1. The number of carbonyl (C=O) groups excluding carboxylic acids is 1. The monoisotopic (exact) mass is 613 g/mol. The van der Waals surface area contributed by atoms with Gasteiger partial charge in [0, 0.05) is 32.2 Å². The van der Waals surface area contributed by atoms with E-state index in [0.29, 0.717) is 38.9 Å². The van der Waals surface area contributed by atoms with E-state index in [1.54, 1.807) is 6.07 Å². The zero-order valence-corrected chi connectivity index (χ0v) is 22.5. The van der Waals surface area contributed by atoms with Crippen LogP contribution in [-0.2, 0) is 0 Å². The van der Waals surface area contributed by atoms with Crippen molar-refractivity contribution in [2.75, 3.05) is 48.3 Å². The van der Waals surface area contributed by atoms with Crippen molar-refractivity contribution in [1.29, 1.82) is 0 Å². The number of amides is 1. The van der Waals surface area contributed by atoms with Crippen molar-refractivity contribution in [1.82, 2.24) is 19.9 Å². The molecule has 1 amide bonds. The summed E-state index contributed by atoms with van der Waals surface area (Å²) in [6, 6.07) is 7.37. The van der Waals surface area contributed by atoms with Gasteiger partial charge >= 0.3 is 0 Å². The molecule has 0 spiro atoms. The van der Waals surface area contributed by atoms with Gasteiger partial charge in [0.25, 0.3) is 5.91 Å². The third-order valence-electron chi connectivity index (χ3n) is 5.36. The van der Waals surface area contributed by atoms with Gasteiger partial charge in [-0.05, 0) is 25.5 Å². The van der Waals surface area contributed by atoms with Gasteiger partial charge in [0.05, 0.1) is 27.6 Å². The molecule has 3 N–H and O–H groups in total. The molecule has 0 bridgehead atoms. The lowest BCUT2D eigenvalue weighted by Gasteiger charge is -2.39. The molecule has 12 heteroatoms. The number of aliphatic hydroxyl groups excluding tert-OH is 1. The number of β-amino-alcohol motifs (C(OH)–C–C–N with tert-alkyl or cyclic N) is 1. The first kappa shape index (κ1) is 25.0. The zero-order valence-electron chi connectivity index (χ0n) is 18.8. The third kappa shape index (κ3) is 5.95. The van der Waals surface area contributed by atoms with Crippen molar-refractivity contribution >= 4 is 73.9 Å². The number of thiazole rings is 1. The van der Waals surface area contributed by atoms with Crippen LogP contribution in [0.2, 0.25) is 5.02 Å². The van der Waals surface area contributed by atoms with Crippen molar-refractivity contribution in [3.8, 4) is 0 Å². The molecule has 1 aliphatic rings. The number of carbonyl (C=O) groups is 1. The number of nitrogens with one attached hydrogen (secondary N) is 2. The van der Waals surface area contributed by atoms with Crippen molar-refractivity contribution < 1.29 is 9.90 Å². The lowest BCUT2D eigenvalue weighted by Crippen LogP contribution is -2.51. The first-order chi connectivity index (χ1) is 16.3. The summed E-state index contributed by atoms with van der Waals surface area (Å²) >= 11 is 9.87. The van der Waals surface area contributed by atoms with E-state index < -0.39 is 0 Å². The highest BCUT2D eigenvalue weighted by Crippen LogP contribution is 2.29. The van der Waals surface area contributed by atoms with Crippen molar-refractivity contribution in [2.24, 2.45) is 0 Å². The second kappa shape index (κ2) is 11.1. The molecule has 1 aromatic carbocycles. The van der Waals surface area contributed by atoms with Crippen LogP contribution in [-0.4, -0.2) is 67.7 Å². The van der Waals surface area contributed by atoms with Crippen LogP contribution >= 0.6 is 45.5 Å². The van der Waals surface area contributed by atoms with E-state index in [1.165, 1.54) is 17.5 Å². The van der Waals surface area contributed by atoms with Crippen LogP contribution in [0.1, 0.15) is 21.1 Å². The quantitative estimate of drug-likeness (QED) is 0.208. The maximum absolute atomic E-state index is 12.7. The standard InChI is InChI=1S/C22H25ClIN7O2S/c1-13-4-3-5-15(23)20(13)29-21(33)16-11-25-22(34-16)28-18-10-19(27-14(2)26-18)31-7-6-30(8-9-32)12-17(31)24/h3-5,10-11,17,32H,6-9,12H2,1-2H3,(H,29,33)(H,25,26,27,28). The molecule has 1 atom stereocenters. The van der Waals surface area contributed by atoms with Crippen LogP contribution in [0.25, 0.3) is 0 Å². The molecule has 4 rings (SSSR count). The second-order valence-corrected chi connectivity index (χ2v) is 10.7. The van der Waals surface area contributed by atoms with Crippen molar-refractivity contribution in [2.45, 2.75) is 17.9 Å². The number of halogens is 2. The zero-order chi connectivity index (χ0) is 24.2. The van der Waals surface area contributed by atoms with E-state index in [4.69, 9.17) is 11.6 Å². The molecule has 3 heterocycles. The fraction of sp³-hybridized carbons (Fsp3) is 0.364. The summed E-state index contributed by atoms with van der Waals surface area (Å²) in [6.07, 6.45) is 1.53. The SMILES string of the molecule is Cc1nc(Nc2ncc(C(=O)Nc3c(C)cccc3Cl)s2)cc(N2CCN(CCO)CC2I)n1. The number of aryl methyl sites for hydroxylation is 2. The Morgan fingerprint density at radius 1 is 1.32 bits per heavy atom. The first-order valence-corrected chi connectivity index (χ1v) is 13.2. The number of hydrogen-bond donors (Lipinski definition) is 3. The average Bonchev–Trinajstić information content (AvgIpc) is 3.25. The number of para-hydroxylation sites is 1. The number of aliphatic hydroxyl groups is 1. The van der Waals surface area contributed by atoms with Gasteiger partial charge in [-0.15, -0.1) is 0 Å². The number of anilines is 4. The van der Waals surface area contributed by atoms with Crippen LogP contribution in [0.4, 0.5) is 22.5 Å². The molecule has 0 saturated carbocycles. The molecular formula is C22H25ClIN7O2S. The summed E-state index contributed by atoms with van der Waals surface area (Å²) in [7, 11) is 0. The Morgan fingerprint density at radius 2 is 2.15 bits per heavy atom. The summed E-state index contributed by atoms with van der Waals surface area (Å²) in [5, 5.41) is 16.3. The fourth-order valence-corrected chi connectivity index (χ4v) is 5.78. The molecule has 3 aromatic rings. The van der Waals surface area contributed by atoms with E-state index in [1.807, 2.05) is 32.0 Å². The Balaban J connectivity index is 1.46. The molecule has 9 nitrogen and oxygen atoms in total. The van der Waals surface area contributed by atoms with Crippen LogP contribution in [0.3, 0.4) is 0 Å². The predicted octanol–water partition coefficient (Wildman–Crippen LogP) is 4.07. The van der Waals surface area contributed by atoms with Crippen LogP contribution in [0.5, 0.6) is 0 Å². The second-order valence-electron chi connectivity index (χ2n) is 7.85. The van der Waals surface area contributed by atoms with E-state index in [-0.39, 0.29) is 16.6 Å². The van der Waals surface area contributed by atoms with E-state index in [9.17, 15) is 9.90 Å². The Labute approximate surface area is 220 Å². The Morgan fingerprint density at radius 3 is 2.88 bits per heavy atom. The number of piperazine rings is 1. The molecule has 1 fully saturated rings. The summed E-state index contributed by atoms with van der Waals surface area (Å²) < 4.78 is 0.225. The number of rotatable bonds is 7. The number of nitrogens with zero attached hydrogens (tertiary/aromatic N) is 5. The number of aromatic nitrogens is 3. The summed E-state index contributed by atoms with van der Waals surface area (Å²) in [5.41, 5.74) is 1.49. The minimum absolute atomic E-state index is 0.163. The summed E-state index contributed by atoms with van der Waals surface area (Å²) in [4.78, 5) is 31.1. The average molecular weight is 614 g/mol. The molecule has 1 saturated heterocycles. The minimum atomic E-state index is -0.269. The summed E-state index contributed by atoms with van der Waals surface area (Å²) in [5.74, 6) is 1.83. The maximum Gasteiger partial charge on any atom is 0.267 e. The van der Waals surface area contributed by atoms with Crippen molar-refractivity contribution in [3.05, 3.63) is 51.7 Å². The molecular weight excluding hydrogens is 589 g/mol. The highest BCUT2D eigenvalue weighted by Gasteiger charge is 2.26. The Bertz CT molecular complexity index is 1160. The molecule has 34 heavy (non-hydrogen) atoms. The van der Waals surface area contributed by atoms with Gasteiger partial charge in [-0.25, -0.2) is 15.0 Å². The molecule has 180 valence electrons. The molecule has 2 aromatic heterocycles. The normalized spacial score (nSPS) is 16.5. The highest BCUT2D eigenvalue weighted by atomic mass is 127. The van der Waals surface area contributed by atoms with Gasteiger partial charge in [-0.1, -0.05) is 57.7 Å². The van der Waals surface area contributed by atoms with Gasteiger partial charge in [-0.2, -0.15) is 0 Å². The molecule has 1 unspecified atom stereocenters. The van der Waals surface area contributed by atoms with Gasteiger partial charge in [0.1, 0.15) is 22.3 Å². The van der Waals surface area contributed by atoms with Crippen molar-refractivity contribution in [3.63, 3.8) is 0 Å². The highest BCUT2D eigenvalue weighted by molar-refractivity contribution is 14.1. The largest absolute Gasteiger partial charge is 0.395 e. The maximum atomic E-state index is 12.7. The molecule has 0 radical (unpaired) electrons. The Kier molecular flexibility index (Phi) is 8.19. The number of benzene rings is 1. The van der Waals surface area contributed by atoms with Gasteiger partial charge in [0.2, 0.25) is 0 Å². The fourth-order valence-electron chi connectivity index (χ4n) is 3.67. The van der Waals surface area contributed by atoms with Gasteiger partial charge in [-0.3, -0.25) is 9.69 Å².